The predicted octanol–water partition coefficient (Wildman–Crippen LogP) is 2.40. The molecule has 0 bridgehead atoms. The topological polar surface area (TPSA) is 76.9 Å². The Morgan fingerprint density at radius 2 is 1.91 bits per heavy atom. The second-order valence-corrected chi connectivity index (χ2v) is 6.90. The third-order valence-corrected chi connectivity index (χ3v) is 4.89. The van der Waals surface area contributed by atoms with Crippen LogP contribution in [0.4, 0.5) is 0 Å². The molecule has 0 aliphatic carbocycles. The molecule has 3 aromatic rings. The summed E-state index contributed by atoms with van der Waals surface area (Å²) in [4.78, 5) is 4.18. The summed E-state index contributed by atoms with van der Waals surface area (Å²) in [5.41, 5.74) is 0.704. The van der Waals surface area contributed by atoms with Gasteiger partial charge < -0.3 is 0 Å². The molecule has 0 unspecified atom stereocenters. The van der Waals surface area contributed by atoms with Crippen molar-refractivity contribution >= 4 is 21.6 Å². The summed E-state index contributed by atoms with van der Waals surface area (Å²) >= 11 is 6.02. The van der Waals surface area contributed by atoms with Gasteiger partial charge in [-0.25, -0.2) is 22.8 Å². The van der Waals surface area contributed by atoms with E-state index in [1.54, 1.807) is 48.7 Å². The van der Waals surface area contributed by atoms with Gasteiger partial charge in [-0.1, -0.05) is 35.9 Å². The molecule has 8 heteroatoms. The fourth-order valence-corrected chi connectivity index (χ4v) is 3.10. The first-order chi connectivity index (χ1) is 11.1. The smallest absolute Gasteiger partial charge is 0.237 e. The van der Waals surface area contributed by atoms with Gasteiger partial charge in [-0.3, -0.25) is 0 Å². The van der Waals surface area contributed by atoms with Crippen LogP contribution in [-0.2, 0) is 16.6 Å². The molecule has 0 aliphatic heterocycles. The van der Waals surface area contributed by atoms with Crippen LogP contribution in [0.3, 0.4) is 0 Å². The lowest BCUT2D eigenvalue weighted by Crippen LogP contribution is -2.23. The lowest BCUT2D eigenvalue weighted by atomic mass is 10.2. The second-order valence-electron chi connectivity index (χ2n) is 4.72. The first kappa shape index (κ1) is 15.7. The quantitative estimate of drug-likeness (QED) is 0.768. The largest absolute Gasteiger partial charge is 0.244 e. The first-order valence-electron chi connectivity index (χ1n) is 6.75. The zero-order chi connectivity index (χ0) is 16.3. The molecular weight excluding hydrogens is 336 g/mol. The number of hydrogen-bond acceptors (Lipinski definition) is 4. The molecule has 0 radical (unpaired) electrons. The number of pyridine rings is 1. The van der Waals surface area contributed by atoms with E-state index in [1.165, 1.54) is 17.1 Å². The SMILES string of the molecule is O=S(=O)(NCc1ccccc1Cl)c1cnn(-c2ccccn2)c1. The summed E-state index contributed by atoms with van der Waals surface area (Å²) in [6.45, 7) is 0.108. The molecule has 23 heavy (non-hydrogen) atoms. The van der Waals surface area contributed by atoms with Gasteiger partial charge in [0, 0.05) is 17.8 Å². The minimum atomic E-state index is -3.68. The van der Waals surface area contributed by atoms with Crippen LogP contribution >= 0.6 is 11.6 Å². The summed E-state index contributed by atoms with van der Waals surface area (Å²) in [5.74, 6) is 0.542. The Hall–Kier alpha value is -2.22. The summed E-state index contributed by atoms with van der Waals surface area (Å²) in [6, 6.07) is 12.4. The predicted molar refractivity (Wildman–Crippen MR) is 86.8 cm³/mol. The second kappa shape index (κ2) is 6.49. The molecule has 6 nitrogen and oxygen atoms in total. The molecule has 0 atom stereocenters. The van der Waals surface area contributed by atoms with E-state index in [9.17, 15) is 8.42 Å². The average Bonchev–Trinajstić information content (AvgIpc) is 3.06. The highest BCUT2D eigenvalue weighted by Crippen LogP contribution is 2.16. The Bertz CT molecular complexity index is 910. The molecule has 2 aromatic heterocycles. The Morgan fingerprint density at radius 1 is 1.13 bits per heavy atom. The van der Waals surface area contributed by atoms with Crippen LogP contribution in [0.25, 0.3) is 5.82 Å². The summed E-state index contributed by atoms with van der Waals surface area (Å²) in [7, 11) is -3.68. The number of hydrogen-bond donors (Lipinski definition) is 1. The number of benzene rings is 1. The number of rotatable bonds is 5. The molecule has 0 amide bonds. The number of nitrogens with zero attached hydrogens (tertiary/aromatic N) is 3. The van der Waals surface area contributed by atoms with Crippen LogP contribution in [0, 0.1) is 0 Å². The van der Waals surface area contributed by atoms with Crippen molar-refractivity contribution in [2.24, 2.45) is 0 Å². The van der Waals surface area contributed by atoms with Gasteiger partial charge in [0.15, 0.2) is 5.82 Å². The molecule has 0 fully saturated rings. The molecule has 0 aliphatic rings. The van der Waals surface area contributed by atoms with Gasteiger partial charge in [0.05, 0.1) is 12.4 Å². The van der Waals surface area contributed by atoms with Crippen molar-refractivity contribution < 1.29 is 8.42 Å². The van der Waals surface area contributed by atoms with Crippen molar-refractivity contribution in [2.45, 2.75) is 11.4 Å². The molecule has 1 aromatic carbocycles. The van der Waals surface area contributed by atoms with Crippen molar-refractivity contribution in [1.29, 1.82) is 0 Å². The lowest BCUT2D eigenvalue weighted by Gasteiger charge is -2.06. The third-order valence-electron chi connectivity index (χ3n) is 3.16. The van der Waals surface area contributed by atoms with Crippen LogP contribution in [0.2, 0.25) is 5.02 Å². The molecular formula is C15H13ClN4O2S. The van der Waals surface area contributed by atoms with Crippen LogP contribution < -0.4 is 4.72 Å². The minimum Gasteiger partial charge on any atom is -0.237 e. The Kier molecular flexibility index (Phi) is 4.42. The number of halogens is 1. The van der Waals surface area contributed by atoms with Gasteiger partial charge in [-0.2, -0.15) is 5.10 Å². The van der Waals surface area contributed by atoms with E-state index in [1.807, 2.05) is 0 Å². The molecule has 0 saturated heterocycles. The lowest BCUT2D eigenvalue weighted by molar-refractivity contribution is 0.581. The van der Waals surface area contributed by atoms with Gasteiger partial charge in [0.25, 0.3) is 0 Å². The zero-order valence-corrected chi connectivity index (χ0v) is 13.5. The fraction of sp³-hybridized carbons (Fsp3) is 0.0667. The maximum atomic E-state index is 12.3. The molecule has 0 saturated carbocycles. The molecule has 2 heterocycles. The van der Waals surface area contributed by atoms with Gasteiger partial charge in [-0.15, -0.1) is 0 Å². The van der Waals surface area contributed by atoms with Gasteiger partial charge in [0.2, 0.25) is 10.0 Å². The van der Waals surface area contributed by atoms with Crippen LogP contribution in [0.15, 0.2) is 66.0 Å². The number of sulfonamides is 1. The van der Waals surface area contributed by atoms with E-state index in [4.69, 9.17) is 11.6 Å². The van der Waals surface area contributed by atoms with E-state index in [2.05, 4.69) is 14.8 Å². The maximum Gasteiger partial charge on any atom is 0.244 e. The number of aromatic nitrogens is 3. The number of nitrogens with one attached hydrogen (secondary N) is 1. The van der Waals surface area contributed by atoms with Crippen molar-refractivity contribution in [3.63, 3.8) is 0 Å². The summed E-state index contributed by atoms with van der Waals surface area (Å²) < 4.78 is 28.6. The van der Waals surface area contributed by atoms with Crippen LogP contribution in [-0.4, -0.2) is 23.2 Å². The minimum absolute atomic E-state index is 0.0650. The van der Waals surface area contributed by atoms with Gasteiger partial charge in [-0.05, 0) is 23.8 Å². The van der Waals surface area contributed by atoms with E-state index in [0.717, 1.165) is 0 Å². The van der Waals surface area contributed by atoms with Crippen LogP contribution in [0.1, 0.15) is 5.56 Å². The highest BCUT2D eigenvalue weighted by atomic mass is 35.5. The highest BCUT2D eigenvalue weighted by Gasteiger charge is 2.17. The zero-order valence-electron chi connectivity index (χ0n) is 11.9. The van der Waals surface area contributed by atoms with Crippen molar-refractivity contribution in [3.8, 4) is 5.82 Å². The average molecular weight is 349 g/mol. The van der Waals surface area contributed by atoms with Crippen molar-refractivity contribution in [2.75, 3.05) is 0 Å². The Labute approximate surface area is 138 Å². The van der Waals surface area contributed by atoms with Crippen LogP contribution in [0.5, 0.6) is 0 Å². The maximum absolute atomic E-state index is 12.3. The normalized spacial score (nSPS) is 11.5. The van der Waals surface area contributed by atoms with E-state index in [0.29, 0.717) is 16.4 Å². The van der Waals surface area contributed by atoms with Crippen molar-refractivity contribution in [3.05, 3.63) is 71.6 Å². The van der Waals surface area contributed by atoms with Gasteiger partial charge >= 0.3 is 0 Å². The molecule has 1 N–H and O–H groups in total. The fourth-order valence-electron chi connectivity index (χ4n) is 1.96. The molecule has 0 spiro atoms. The highest BCUT2D eigenvalue weighted by molar-refractivity contribution is 7.89. The summed E-state index contributed by atoms with van der Waals surface area (Å²) in [6.07, 6.45) is 4.31. The summed E-state index contributed by atoms with van der Waals surface area (Å²) in [5, 5.41) is 4.55. The van der Waals surface area contributed by atoms with Crippen molar-refractivity contribution in [1.82, 2.24) is 19.5 Å². The van der Waals surface area contributed by atoms with Gasteiger partial charge in [0.1, 0.15) is 4.90 Å². The molecule has 3 rings (SSSR count). The Morgan fingerprint density at radius 3 is 2.65 bits per heavy atom. The molecule has 118 valence electrons. The third kappa shape index (κ3) is 3.58. The monoisotopic (exact) mass is 348 g/mol. The Balaban J connectivity index is 1.78. The first-order valence-corrected chi connectivity index (χ1v) is 8.61. The standard InChI is InChI=1S/C15H13ClN4O2S/c16-14-6-2-1-5-12(14)9-19-23(21,22)13-10-18-20(11-13)15-7-3-4-8-17-15/h1-8,10-11,19H,9H2. The van der Waals surface area contributed by atoms with E-state index >= 15 is 0 Å². The van der Waals surface area contributed by atoms with E-state index < -0.39 is 10.0 Å². The van der Waals surface area contributed by atoms with E-state index in [-0.39, 0.29) is 11.4 Å².